The minimum absolute atomic E-state index is 0.470. The molecule has 0 aliphatic carbocycles. The molecule has 84 valence electrons. The van der Waals surface area contributed by atoms with E-state index < -0.39 is 0 Å². The van der Waals surface area contributed by atoms with Gasteiger partial charge in [-0.3, -0.25) is 0 Å². The van der Waals surface area contributed by atoms with E-state index in [1.54, 1.807) is 6.07 Å². The standard InChI is InChI=1S/C11H14Cl3N/c1-8(5-12)6-15-7-9-2-3-10(13)4-11(9)14/h2-4,8,15H,5-7H2,1H3. The van der Waals surface area contributed by atoms with Crippen LogP contribution in [0.2, 0.25) is 10.0 Å². The third-order valence-electron chi connectivity index (χ3n) is 2.09. The number of hydrogen-bond acceptors (Lipinski definition) is 1. The van der Waals surface area contributed by atoms with Gasteiger partial charge in [0.1, 0.15) is 0 Å². The molecule has 0 saturated heterocycles. The van der Waals surface area contributed by atoms with Crippen LogP contribution in [0.1, 0.15) is 12.5 Å². The van der Waals surface area contributed by atoms with Gasteiger partial charge in [-0.2, -0.15) is 0 Å². The van der Waals surface area contributed by atoms with Gasteiger partial charge in [0.2, 0.25) is 0 Å². The van der Waals surface area contributed by atoms with Crippen molar-refractivity contribution >= 4 is 34.8 Å². The van der Waals surface area contributed by atoms with E-state index in [1.807, 2.05) is 12.1 Å². The fraction of sp³-hybridized carbons (Fsp3) is 0.455. The van der Waals surface area contributed by atoms with E-state index in [4.69, 9.17) is 34.8 Å². The van der Waals surface area contributed by atoms with E-state index in [1.165, 1.54) is 0 Å². The Morgan fingerprint density at radius 2 is 2.07 bits per heavy atom. The van der Waals surface area contributed by atoms with Crippen molar-refractivity contribution in [2.45, 2.75) is 13.5 Å². The van der Waals surface area contributed by atoms with E-state index in [0.29, 0.717) is 21.8 Å². The molecule has 1 aromatic rings. The van der Waals surface area contributed by atoms with Gasteiger partial charge in [-0.15, -0.1) is 11.6 Å². The van der Waals surface area contributed by atoms with Crippen molar-refractivity contribution in [3.05, 3.63) is 33.8 Å². The molecule has 0 radical (unpaired) electrons. The molecule has 1 atom stereocenters. The second-order valence-corrected chi connectivity index (χ2v) is 4.78. The van der Waals surface area contributed by atoms with Crippen LogP contribution >= 0.6 is 34.8 Å². The van der Waals surface area contributed by atoms with Crippen LogP contribution in [-0.2, 0) is 6.54 Å². The van der Waals surface area contributed by atoms with Crippen molar-refractivity contribution < 1.29 is 0 Å². The largest absolute Gasteiger partial charge is 0.312 e. The molecule has 1 N–H and O–H groups in total. The van der Waals surface area contributed by atoms with Gasteiger partial charge >= 0.3 is 0 Å². The summed E-state index contributed by atoms with van der Waals surface area (Å²) in [4.78, 5) is 0. The lowest BCUT2D eigenvalue weighted by Gasteiger charge is -2.10. The van der Waals surface area contributed by atoms with Crippen molar-refractivity contribution in [2.75, 3.05) is 12.4 Å². The van der Waals surface area contributed by atoms with Gasteiger partial charge in [-0.05, 0) is 30.2 Å². The molecule has 0 fully saturated rings. The van der Waals surface area contributed by atoms with Crippen molar-refractivity contribution in [1.29, 1.82) is 0 Å². The summed E-state index contributed by atoms with van der Waals surface area (Å²) >= 11 is 17.5. The first kappa shape index (κ1) is 13.1. The first-order valence-electron chi connectivity index (χ1n) is 4.84. The molecule has 0 aliphatic rings. The first-order chi connectivity index (χ1) is 7.13. The maximum absolute atomic E-state index is 6.03. The van der Waals surface area contributed by atoms with Crippen molar-refractivity contribution in [2.24, 2.45) is 5.92 Å². The zero-order valence-corrected chi connectivity index (χ0v) is 10.8. The third-order valence-corrected chi connectivity index (χ3v) is 3.20. The second kappa shape index (κ2) is 6.59. The first-order valence-corrected chi connectivity index (χ1v) is 6.13. The molecule has 0 heterocycles. The highest BCUT2D eigenvalue weighted by atomic mass is 35.5. The highest BCUT2D eigenvalue weighted by Gasteiger charge is 2.02. The maximum Gasteiger partial charge on any atom is 0.0465 e. The van der Waals surface area contributed by atoms with E-state index in [0.717, 1.165) is 18.7 Å². The van der Waals surface area contributed by atoms with Crippen LogP contribution in [0.3, 0.4) is 0 Å². The summed E-state index contributed by atoms with van der Waals surface area (Å²) in [6.07, 6.45) is 0. The average molecular weight is 267 g/mol. The molecule has 1 aromatic carbocycles. The smallest absolute Gasteiger partial charge is 0.0465 e. The van der Waals surface area contributed by atoms with E-state index in [-0.39, 0.29) is 0 Å². The molecule has 1 unspecified atom stereocenters. The van der Waals surface area contributed by atoms with Gasteiger partial charge in [0.15, 0.2) is 0 Å². The summed E-state index contributed by atoms with van der Waals surface area (Å²) in [5.74, 6) is 1.14. The van der Waals surface area contributed by atoms with Gasteiger partial charge in [0, 0.05) is 22.5 Å². The molecule has 0 bridgehead atoms. The normalized spacial score (nSPS) is 12.8. The second-order valence-electron chi connectivity index (χ2n) is 3.63. The molecular formula is C11H14Cl3N. The Kier molecular flexibility index (Phi) is 5.77. The number of alkyl halides is 1. The van der Waals surface area contributed by atoms with Crippen LogP contribution in [-0.4, -0.2) is 12.4 Å². The zero-order chi connectivity index (χ0) is 11.3. The molecule has 0 aliphatic heterocycles. The topological polar surface area (TPSA) is 12.0 Å². The predicted molar refractivity (Wildman–Crippen MR) is 68.1 cm³/mol. The van der Waals surface area contributed by atoms with Crippen LogP contribution in [0.4, 0.5) is 0 Å². The Bertz CT molecular complexity index is 315. The van der Waals surface area contributed by atoms with Crippen LogP contribution in [0.15, 0.2) is 18.2 Å². The van der Waals surface area contributed by atoms with Gasteiger partial charge < -0.3 is 5.32 Å². The zero-order valence-electron chi connectivity index (χ0n) is 8.56. The maximum atomic E-state index is 6.03. The molecule has 0 amide bonds. The van der Waals surface area contributed by atoms with E-state index >= 15 is 0 Å². The van der Waals surface area contributed by atoms with Crippen LogP contribution < -0.4 is 5.32 Å². The molecule has 0 aromatic heterocycles. The number of nitrogens with one attached hydrogen (secondary N) is 1. The molecule has 0 saturated carbocycles. The monoisotopic (exact) mass is 265 g/mol. The minimum Gasteiger partial charge on any atom is -0.312 e. The molecule has 4 heteroatoms. The summed E-state index contributed by atoms with van der Waals surface area (Å²) < 4.78 is 0. The Morgan fingerprint density at radius 1 is 1.33 bits per heavy atom. The lowest BCUT2D eigenvalue weighted by Crippen LogP contribution is -2.21. The Hall–Kier alpha value is 0.0500. The number of hydrogen-bond donors (Lipinski definition) is 1. The highest BCUT2D eigenvalue weighted by molar-refractivity contribution is 6.35. The minimum atomic E-state index is 0.470. The fourth-order valence-electron chi connectivity index (χ4n) is 1.17. The highest BCUT2D eigenvalue weighted by Crippen LogP contribution is 2.20. The summed E-state index contributed by atoms with van der Waals surface area (Å²) in [6, 6.07) is 5.53. The lowest BCUT2D eigenvalue weighted by molar-refractivity contribution is 0.557. The summed E-state index contributed by atoms with van der Waals surface area (Å²) in [6.45, 7) is 3.74. The van der Waals surface area contributed by atoms with Crippen molar-refractivity contribution in [1.82, 2.24) is 5.32 Å². The molecule has 1 rings (SSSR count). The van der Waals surface area contributed by atoms with Crippen LogP contribution in [0, 0.1) is 5.92 Å². The van der Waals surface area contributed by atoms with Gasteiger partial charge in [0.25, 0.3) is 0 Å². The average Bonchev–Trinajstić information content (AvgIpc) is 2.21. The Labute approximate surface area is 106 Å². The SMILES string of the molecule is CC(CCl)CNCc1ccc(Cl)cc1Cl. The van der Waals surface area contributed by atoms with Gasteiger partial charge in [-0.1, -0.05) is 36.2 Å². The Balaban J connectivity index is 2.44. The molecule has 15 heavy (non-hydrogen) atoms. The summed E-state index contributed by atoms with van der Waals surface area (Å²) in [5, 5.41) is 4.67. The van der Waals surface area contributed by atoms with E-state index in [2.05, 4.69) is 12.2 Å². The fourth-order valence-corrected chi connectivity index (χ4v) is 1.76. The Morgan fingerprint density at radius 3 is 2.67 bits per heavy atom. The number of benzene rings is 1. The van der Waals surface area contributed by atoms with Crippen LogP contribution in [0.25, 0.3) is 0 Å². The van der Waals surface area contributed by atoms with E-state index in [9.17, 15) is 0 Å². The quantitative estimate of drug-likeness (QED) is 0.796. The molecule has 0 spiro atoms. The van der Waals surface area contributed by atoms with Crippen molar-refractivity contribution in [3.8, 4) is 0 Å². The molecular weight excluding hydrogens is 252 g/mol. The van der Waals surface area contributed by atoms with Gasteiger partial charge in [0.05, 0.1) is 0 Å². The number of halogens is 3. The lowest BCUT2D eigenvalue weighted by atomic mass is 10.2. The van der Waals surface area contributed by atoms with Crippen molar-refractivity contribution in [3.63, 3.8) is 0 Å². The summed E-state index contributed by atoms with van der Waals surface area (Å²) in [7, 11) is 0. The number of rotatable bonds is 5. The molecule has 1 nitrogen and oxygen atoms in total. The summed E-state index contributed by atoms with van der Waals surface area (Å²) in [5.41, 5.74) is 1.06. The third kappa shape index (κ3) is 4.60. The van der Waals surface area contributed by atoms with Gasteiger partial charge in [-0.25, -0.2) is 0 Å². The predicted octanol–water partition coefficient (Wildman–Crippen LogP) is 3.96. The van der Waals surface area contributed by atoms with Crippen LogP contribution in [0.5, 0.6) is 0 Å².